The highest BCUT2D eigenvalue weighted by molar-refractivity contribution is 9.10. The van der Waals surface area contributed by atoms with Crippen LogP contribution in [0.3, 0.4) is 0 Å². The fourth-order valence-corrected chi connectivity index (χ4v) is 3.11. The Hall–Kier alpha value is -1.63. The topological polar surface area (TPSA) is 56.0 Å². The minimum Gasteiger partial charge on any atom is -0.339 e. The second-order valence-electron chi connectivity index (χ2n) is 5.35. The summed E-state index contributed by atoms with van der Waals surface area (Å²) in [6, 6.07) is 2.41. The molecule has 6 nitrogen and oxygen atoms in total. The minimum atomic E-state index is 0.0804. The van der Waals surface area contributed by atoms with Crippen molar-refractivity contribution in [3.8, 4) is 0 Å². The average molecular weight is 336 g/mol. The van der Waals surface area contributed by atoms with Crippen LogP contribution in [0.25, 0.3) is 0 Å². The summed E-state index contributed by atoms with van der Waals surface area (Å²) in [5.41, 5.74) is 0.771. The number of amides is 1. The number of rotatable bonds is 2. The predicted octanol–water partition coefficient (Wildman–Crippen LogP) is 1.83. The average Bonchev–Trinajstić information content (AvgIpc) is 3.06. The molecule has 0 aromatic carbocycles. The van der Waals surface area contributed by atoms with Crippen molar-refractivity contribution in [1.82, 2.24) is 24.2 Å². The largest absolute Gasteiger partial charge is 0.339 e. The number of carbonyl (C=O) groups excluding carboxylic acids is 1. The van der Waals surface area contributed by atoms with E-state index in [0.29, 0.717) is 19.1 Å². The van der Waals surface area contributed by atoms with Crippen LogP contribution in [0.15, 0.2) is 23.1 Å². The van der Waals surface area contributed by atoms with E-state index in [1.54, 1.807) is 6.33 Å². The zero-order valence-corrected chi connectivity index (χ0v) is 12.5. The molecule has 1 fully saturated rings. The van der Waals surface area contributed by atoms with Crippen LogP contribution in [0, 0.1) is 0 Å². The summed E-state index contributed by atoms with van der Waals surface area (Å²) < 4.78 is 5.07. The van der Waals surface area contributed by atoms with E-state index in [0.717, 1.165) is 35.4 Å². The van der Waals surface area contributed by atoms with Gasteiger partial charge in [-0.2, -0.15) is 0 Å². The molecule has 104 valence electrons. The molecule has 1 amide bonds. The van der Waals surface area contributed by atoms with Gasteiger partial charge in [-0.15, -0.1) is 10.2 Å². The van der Waals surface area contributed by atoms with Crippen LogP contribution in [0.4, 0.5) is 0 Å². The summed E-state index contributed by atoms with van der Waals surface area (Å²) in [7, 11) is 0. The molecule has 4 rings (SSSR count). The molecular formula is C13H14BrN5O. The standard InChI is InChI=1S/C13H14BrN5O/c14-9-5-11(19(6-9)10-1-2-10)13(20)17-3-4-18-8-15-16-12(18)7-17/h5-6,8,10H,1-4,7H2. The third kappa shape index (κ3) is 1.96. The van der Waals surface area contributed by atoms with Crippen molar-refractivity contribution >= 4 is 21.8 Å². The molecule has 1 aliphatic heterocycles. The van der Waals surface area contributed by atoms with Crippen LogP contribution >= 0.6 is 15.9 Å². The lowest BCUT2D eigenvalue weighted by molar-refractivity contribution is 0.0696. The summed E-state index contributed by atoms with van der Waals surface area (Å²) >= 11 is 3.47. The van der Waals surface area contributed by atoms with E-state index in [2.05, 4.69) is 30.7 Å². The SMILES string of the molecule is O=C(c1cc(Br)cn1C1CC1)N1CCn2cnnc2C1. The molecule has 3 heterocycles. The third-order valence-corrected chi connectivity index (χ3v) is 4.33. The smallest absolute Gasteiger partial charge is 0.270 e. The van der Waals surface area contributed by atoms with Crippen molar-refractivity contribution in [2.75, 3.05) is 6.54 Å². The van der Waals surface area contributed by atoms with Gasteiger partial charge in [0.05, 0.1) is 6.54 Å². The van der Waals surface area contributed by atoms with Crippen molar-refractivity contribution in [2.45, 2.75) is 32.0 Å². The molecule has 2 aromatic heterocycles. The molecule has 0 radical (unpaired) electrons. The van der Waals surface area contributed by atoms with Gasteiger partial charge in [-0.05, 0) is 34.8 Å². The molecule has 2 aliphatic rings. The summed E-state index contributed by atoms with van der Waals surface area (Å²) in [5, 5.41) is 7.95. The van der Waals surface area contributed by atoms with Crippen molar-refractivity contribution in [2.24, 2.45) is 0 Å². The zero-order valence-electron chi connectivity index (χ0n) is 10.9. The van der Waals surface area contributed by atoms with E-state index >= 15 is 0 Å². The fourth-order valence-electron chi connectivity index (χ4n) is 2.67. The van der Waals surface area contributed by atoms with Gasteiger partial charge in [0.25, 0.3) is 5.91 Å². The van der Waals surface area contributed by atoms with Crippen LogP contribution < -0.4 is 0 Å². The van der Waals surface area contributed by atoms with Crippen LogP contribution in [-0.2, 0) is 13.1 Å². The Morgan fingerprint density at radius 2 is 2.20 bits per heavy atom. The Balaban J connectivity index is 1.62. The monoisotopic (exact) mass is 335 g/mol. The third-order valence-electron chi connectivity index (χ3n) is 3.90. The molecule has 0 N–H and O–H groups in total. The first-order chi connectivity index (χ1) is 9.72. The van der Waals surface area contributed by atoms with Crippen molar-refractivity contribution in [1.29, 1.82) is 0 Å². The number of hydrogen-bond donors (Lipinski definition) is 0. The Morgan fingerprint density at radius 1 is 1.35 bits per heavy atom. The Morgan fingerprint density at radius 3 is 3.00 bits per heavy atom. The van der Waals surface area contributed by atoms with Crippen molar-refractivity contribution < 1.29 is 4.79 Å². The van der Waals surface area contributed by atoms with Gasteiger partial charge in [-0.25, -0.2) is 0 Å². The van der Waals surface area contributed by atoms with Crippen LogP contribution in [-0.4, -0.2) is 36.7 Å². The van der Waals surface area contributed by atoms with E-state index in [-0.39, 0.29) is 5.91 Å². The summed E-state index contributed by atoms with van der Waals surface area (Å²) in [5.74, 6) is 0.935. The highest BCUT2D eigenvalue weighted by Gasteiger charge is 2.30. The second-order valence-corrected chi connectivity index (χ2v) is 6.26. The molecule has 2 aromatic rings. The Kier molecular flexibility index (Phi) is 2.70. The molecule has 0 atom stereocenters. The molecule has 0 bridgehead atoms. The second kappa shape index (κ2) is 4.44. The predicted molar refractivity (Wildman–Crippen MR) is 75.2 cm³/mol. The van der Waals surface area contributed by atoms with Crippen LogP contribution in [0.1, 0.15) is 35.2 Å². The van der Waals surface area contributed by atoms with Gasteiger partial charge in [0.2, 0.25) is 0 Å². The van der Waals surface area contributed by atoms with Gasteiger partial charge < -0.3 is 14.0 Å². The van der Waals surface area contributed by atoms with Crippen molar-refractivity contribution in [3.63, 3.8) is 0 Å². The first-order valence-corrected chi connectivity index (χ1v) is 7.55. The number of aromatic nitrogens is 4. The van der Waals surface area contributed by atoms with E-state index in [4.69, 9.17) is 0 Å². The molecular weight excluding hydrogens is 322 g/mol. The lowest BCUT2D eigenvalue weighted by Crippen LogP contribution is -2.39. The summed E-state index contributed by atoms with van der Waals surface area (Å²) in [4.78, 5) is 14.6. The number of hydrogen-bond acceptors (Lipinski definition) is 3. The van der Waals surface area contributed by atoms with Crippen LogP contribution in [0.2, 0.25) is 0 Å². The maximum atomic E-state index is 12.7. The highest BCUT2D eigenvalue weighted by atomic mass is 79.9. The maximum absolute atomic E-state index is 12.7. The van der Waals surface area contributed by atoms with Crippen molar-refractivity contribution in [3.05, 3.63) is 34.6 Å². The first kappa shape index (κ1) is 12.1. The fraction of sp³-hybridized carbons (Fsp3) is 0.462. The quantitative estimate of drug-likeness (QED) is 0.841. The van der Waals surface area contributed by atoms with Crippen LogP contribution in [0.5, 0.6) is 0 Å². The normalized spacial score (nSPS) is 18.1. The zero-order chi connectivity index (χ0) is 13.7. The Bertz CT molecular complexity index is 672. The van der Waals surface area contributed by atoms with E-state index in [1.807, 2.05) is 21.7 Å². The van der Waals surface area contributed by atoms with Gasteiger partial charge in [0.1, 0.15) is 12.0 Å². The van der Waals surface area contributed by atoms with Gasteiger partial charge >= 0.3 is 0 Å². The number of nitrogens with zero attached hydrogens (tertiary/aromatic N) is 5. The van der Waals surface area contributed by atoms with Gasteiger partial charge in [-0.3, -0.25) is 4.79 Å². The minimum absolute atomic E-state index is 0.0804. The lowest BCUT2D eigenvalue weighted by Gasteiger charge is -2.27. The molecule has 7 heteroatoms. The molecule has 1 aliphatic carbocycles. The number of carbonyl (C=O) groups is 1. The summed E-state index contributed by atoms with van der Waals surface area (Å²) in [6.07, 6.45) is 6.06. The van der Waals surface area contributed by atoms with E-state index < -0.39 is 0 Å². The first-order valence-electron chi connectivity index (χ1n) is 6.76. The lowest BCUT2D eigenvalue weighted by atomic mass is 10.3. The van der Waals surface area contributed by atoms with E-state index in [9.17, 15) is 4.79 Å². The molecule has 0 saturated heterocycles. The molecule has 0 spiro atoms. The maximum Gasteiger partial charge on any atom is 0.270 e. The molecule has 1 saturated carbocycles. The molecule has 0 unspecified atom stereocenters. The summed E-state index contributed by atoms with van der Waals surface area (Å²) in [6.45, 7) is 2.00. The van der Waals surface area contributed by atoms with E-state index in [1.165, 1.54) is 0 Å². The van der Waals surface area contributed by atoms with Gasteiger partial charge in [0, 0.05) is 29.8 Å². The highest BCUT2D eigenvalue weighted by Crippen LogP contribution is 2.37. The molecule has 20 heavy (non-hydrogen) atoms. The number of halogens is 1. The Labute approximate surface area is 124 Å². The van der Waals surface area contributed by atoms with Gasteiger partial charge in [0.15, 0.2) is 5.82 Å². The number of fused-ring (bicyclic) bond motifs is 1. The van der Waals surface area contributed by atoms with Gasteiger partial charge in [-0.1, -0.05) is 0 Å².